The minimum atomic E-state index is -0.417. The van der Waals surface area contributed by atoms with Gasteiger partial charge in [0.15, 0.2) is 0 Å². The van der Waals surface area contributed by atoms with E-state index in [1.165, 1.54) is 0 Å². The van der Waals surface area contributed by atoms with Crippen LogP contribution in [0.4, 0.5) is 0 Å². The second kappa shape index (κ2) is 4.41. The predicted molar refractivity (Wildman–Crippen MR) is 70.3 cm³/mol. The van der Waals surface area contributed by atoms with E-state index in [1.807, 2.05) is 18.3 Å². The zero-order valence-corrected chi connectivity index (χ0v) is 10.7. The number of amides is 1. The van der Waals surface area contributed by atoms with Crippen LogP contribution in [0.3, 0.4) is 0 Å². The molecule has 0 fully saturated rings. The number of hydrogen-bond acceptors (Lipinski definition) is 1. The molecule has 0 saturated carbocycles. The lowest BCUT2D eigenvalue weighted by atomic mass is 10.1. The van der Waals surface area contributed by atoms with Gasteiger partial charge in [0.1, 0.15) is 0 Å². The number of aromatic nitrogens is 1. The molecule has 90 valence electrons. The Kier molecular flexibility index (Phi) is 3.11. The first-order chi connectivity index (χ1) is 7.99. The van der Waals surface area contributed by atoms with Crippen molar-refractivity contribution in [3.05, 3.63) is 35.0 Å². The van der Waals surface area contributed by atoms with E-state index in [-0.39, 0.29) is 0 Å². The Labute approximate surface area is 105 Å². The summed E-state index contributed by atoms with van der Waals surface area (Å²) in [6.45, 7) is 5.11. The highest BCUT2D eigenvalue weighted by Gasteiger charge is 2.13. The van der Waals surface area contributed by atoms with Gasteiger partial charge in [-0.2, -0.15) is 0 Å². The number of hydrogen-bond donors (Lipinski definition) is 1. The summed E-state index contributed by atoms with van der Waals surface area (Å²) in [5.74, 6) is 0.0850. The molecule has 2 N–H and O–H groups in total. The van der Waals surface area contributed by atoms with Crippen LogP contribution in [0.5, 0.6) is 0 Å². The summed E-state index contributed by atoms with van der Waals surface area (Å²) >= 11 is 5.95. The summed E-state index contributed by atoms with van der Waals surface area (Å²) in [6, 6.07) is 5.53. The van der Waals surface area contributed by atoms with Crippen molar-refractivity contribution in [2.75, 3.05) is 0 Å². The summed E-state index contributed by atoms with van der Waals surface area (Å²) in [7, 11) is 0. The number of carbonyl (C=O) groups excluding carboxylic acids is 1. The number of primary amides is 1. The third-order valence-electron chi connectivity index (χ3n) is 2.67. The average molecular weight is 251 g/mol. The fourth-order valence-corrected chi connectivity index (χ4v) is 2.18. The molecule has 17 heavy (non-hydrogen) atoms. The van der Waals surface area contributed by atoms with Gasteiger partial charge in [0.2, 0.25) is 0 Å². The predicted octanol–water partition coefficient (Wildman–Crippen LogP) is 3.05. The van der Waals surface area contributed by atoms with Crippen LogP contribution in [-0.4, -0.2) is 10.5 Å². The third kappa shape index (κ3) is 2.29. The lowest BCUT2D eigenvalue weighted by Gasteiger charge is -2.07. The van der Waals surface area contributed by atoms with E-state index in [0.29, 0.717) is 16.5 Å². The Balaban J connectivity index is 2.66. The second-order valence-electron chi connectivity index (χ2n) is 4.61. The molecule has 1 aromatic carbocycles. The largest absolute Gasteiger partial charge is 0.366 e. The van der Waals surface area contributed by atoms with Gasteiger partial charge in [-0.15, -0.1) is 0 Å². The fraction of sp³-hybridized carbons (Fsp3) is 0.308. The first-order valence-electron chi connectivity index (χ1n) is 5.57. The van der Waals surface area contributed by atoms with Crippen LogP contribution in [0.1, 0.15) is 24.2 Å². The molecule has 4 heteroatoms. The quantitative estimate of drug-likeness (QED) is 0.894. The number of rotatable bonds is 3. The van der Waals surface area contributed by atoms with Crippen LogP contribution in [-0.2, 0) is 6.54 Å². The Morgan fingerprint density at radius 2 is 2.18 bits per heavy atom. The molecule has 0 bridgehead atoms. The SMILES string of the molecule is CC(C)Cn1cc(C(N)=O)c2cc(Cl)ccc21. The first kappa shape index (κ1) is 12.0. The number of fused-ring (bicyclic) bond motifs is 1. The molecule has 0 aliphatic carbocycles. The normalized spacial score (nSPS) is 11.3. The monoisotopic (exact) mass is 250 g/mol. The van der Waals surface area contributed by atoms with Crippen LogP contribution >= 0.6 is 11.6 Å². The van der Waals surface area contributed by atoms with E-state index >= 15 is 0 Å². The van der Waals surface area contributed by atoms with E-state index in [2.05, 4.69) is 18.4 Å². The molecular weight excluding hydrogens is 236 g/mol. The molecule has 2 rings (SSSR count). The topological polar surface area (TPSA) is 48.0 Å². The number of halogens is 1. The molecule has 0 spiro atoms. The highest BCUT2D eigenvalue weighted by Crippen LogP contribution is 2.25. The van der Waals surface area contributed by atoms with E-state index in [1.54, 1.807) is 6.07 Å². The van der Waals surface area contributed by atoms with Crippen molar-refractivity contribution in [1.29, 1.82) is 0 Å². The Morgan fingerprint density at radius 1 is 1.47 bits per heavy atom. The molecular formula is C13H15ClN2O. The molecule has 0 aliphatic heterocycles. The molecule has 0 unspecified atom stereocenters. The van der Waals surface area contributed by atoms with E-state index < -0.39 is 5.91 Å². The minimum Gasteiger partial charge on any atom is -0.366 e. The van der Waals surface area contributed by atoms with Gasteiger partial charge < -0.3 is 10.3 Å². The summed E-state index contributed by atoms with van der Waals surface area (Å²) in [5.41, 5.74) is 6.91. The smallest absolute Gasteiger partial charge is 0.250 e. The molecule has 1 aromatic heterocycles. The average Bonchev–Trinajstić information content (AvgIpc) is 2.55. The van der Waals surface area contributed by atoms with Gasteiger partial charge in [-0.25, -0.2) is 0 Å². The minimum absolute atomic E-state index is 0.417. The maximum atomic E-state index is 11.4. The van der Waals surface area contributed by atoms with Gasteiger partial charge in [0.05, 0.1) is 5.56 Å². The molecule has 0 saturated heterocycles. The number of nitrogens with zero attached hydrogens (tertiary/aromatic N) is 1. The fourth-order valence-electron chi connectivity index (χ4n) is 2.01. The maximum Gasteiger partial charge on any atom is 0.250 e. The summed E-state index contributed by atoms with van der Waals surface area (Å²) in [5, 5.41) is 1.44. The van der Waals surface area contributed by atoms with E-state index in [4.69, 9.17) is 17.3 Å². The van der Waals surface area contributed by atoms with Gasteiger partial charge in [0.25, 0.3) is 5.91 Å². The van der Waals surface area contributed by atoms with E-state index in [9.17, 15) is 4.79 Å². The van der Waals surface area contributed by atoms with Crippen molar-refractivity contribution in [2.24, 2.45) is 11.7 Å². The zero-order valence-electron chi connectivity index (χ0n) is 9.90. The Hall–Kier alpha value is -1.48. The van der Waals surface area contributed by atoms with Gasteiger partial charge in [-0.1, -0.05) is 25.4 Å². The second-order valence-corrected chi connectivity index (χ2v) is 5.05. The number of benzene rings is 1. The van der Waals surface area contributed by atoms with Gasteiger partial charge in [-0.3, -0.25) is 4.79 Å². The maximum absolute atomic E-state index is 11.4. The lowest BCUT2D eigenvalue weighted by molar-refractivity contribution is 0.100. The van der Waals surface area contributed by atoms with Gasteiger partial charge in [-0.05, 0) is 24.1 Å². The highest BCUT2D eigenvalue weighted by atomic mass is 35.5. The lowest BCUT2D eigenvalue weighted by Crippen LogP contribution is -2.10. The van der Waals surface area contributed by atoms with E-state index in [0.717, 1.165) is 17.4 Å². The third-order valence-corrected chi connectivity index (χ3v) is 2.91. The van der Waals surface area contributed by atoms with Crippen molar-refractivity contribution in [3.63, 3.8) is 0 Å². The van der Waals surface area contributed by atoms with Crippen LogP contribution in [0, 0.1) is 5.92 Å². The Morgan fingerprint density at radius 3 is 2.76 bits per heavy atom. The van der Waals surface area contributed by atoms with Crippen molar-refractivity contribution >= 4 is 28.4 Å². The molecule has 1 heterocycles. The molecule has 3 nitrogen and oxygen atoms in total. The number of nitrogens with two attached hydrogens (primary N) is 1. The van der Waals surface area contributed by atoms with Gasteiger partial charge >= 0.3 is 0 Å². The standard InChI is InChI=1S/C13H15ClN2O/c1-8(2)6-16-7-11(13(15)17)10-5-9(14)3-4-12(10)16/h3-5,7-8H,6H2,1-2H3,(H2,15,17). The zero-order chi connectivity index (χ0) is 12.6. The highest BCUT2D eigenvalue weighted by molar-refractivity contribution is 6.31. The number of carbonyl (C=O) groups is 1. The van der Waals surface area contributed by atoms with Crippen molar-refractivity contribution < 1.29 is 4.79 Å². The summed E-state index contributed by atoms with van der Waals surface area (Å²) < 4.78 is 2.05. The van der Waals surface area contributed by atoms with Crippen molar-refractivity contribution in [3.8, 4) is 0 Å². The molecule has 2 aromatic rings. The molecule has 1 amide bonds. The van der Waals surface area contributed by atoms with Gasteiger partial charge in [0, 0.05) is 28.7 Å². The summed E-state index contributed by atoms with van der Waals surface area (Å²) in [4.78, 5) is 11.4. The Bertz CT molecular complexity index is 572. The van der Waals surface area contributed by atoms with Crippen LogP contribution < -0.4 is 5.73 Å². The van der Waals surface area contributed by atoms with Crippen LogP contribution in [0.2, 0.25) is 5.02 Å². The van der Waals surface area contributed by atoms with Crippen LogP contribution in [0.25, 0.3) is 10.9 Å². The van der Waals surface area contributed by atoms with Crippen molar-refractivity contribution in [1.82, 2.24) is 4.57 Å². The molecule has 0 atom stereocenters. The first-order valence-corrected chi connectivity index (χ1v) is 5.95. The van der Waals surface area contributed by atoms with Crippen molar-refractivity contribution in [2.45, 2.75) is 20.4 Å². The molecule has 0 aliphatic rings. The van der Waals surface area contributed by atoms with Crippen LogP contribution in [0.15, 0.2) is 24.4 Å². The molecule has 0 radical (unpaired) electrons. The summed E-state index contributed by atoms with van der Waals surface area (Å²) in [6.07, 6.45) is 1.81.